The molecule has 0 aliphatic carbocycles. The van der Waals surface area contributed by atoms with Gasteiger partial charge in [0, 0.05) is 17.0 Å². The third-order valence-corrected chi connectivity index (χ3v) is 6.21. The quantitative estimate of drug-likeness (QED) is 0.648. The highest BCUT2D eigenvalue weighted by molar-refractivity contribution is 7.89. The minimum Gasteiger partial charge on any atom is -0.467 e. The number of amides is 1. The topological polar surface area (TPSA) is 102 Å². The molecule has 0 radical (unpaired) electrons. The molecular formula is C18H22N2O5S2. The summed E-state index contributed by atoms with van der Waals surface area (Å²) in [4.78, 5) is 25.1. The minimum absolute atomic E-state index is 0.0671. The second kappa shape index (κ2) is 8.64. The molecule has 0 spiro atoms. The molecule has 27 heavy (non-hydrogen) atoms. The normalized spacial score (nSPS) is 11.8. The van der Waals surface area contributed by atoms with Gasteiger partial charge in [-0.25, -0.2) is 17.9 Å². The number of carbonyl (C=O) groups excluding carboxylic acids is 2. The summed E-state index contributed by atoms with van der Waals surface area (Å²) in [5.41, 5.74) is -0.954. The predicted octanol–water partition coefficient (Wildman–Crippen LogP) is 1.95. The molecule has 9 heteroatoms. The Morgan fingerprint density at radius 3 is 2.37 bits per heavy atom. The zero-order valence-corrected chi connectivity index (χ0v) is 16.9. The van der Waals surface area contributed by atoms with Crippen LogP contribution >= 0.6 is 11.3 Å². The molecule has 0 aliphatic heterocycles. The molecule has 1 heterocycles. The summed E-state index contributed by atoms with van der Waals surface area (Å²) in [6.45, 7) is 3.33. The van der Waals surface area contributed by atoms with Crippen LogP contribution in [0.4, 0.5) is 0 Å². The fourth-order valence-electron chi connectivity index (χ4n) is 2.29. The van der Waals surface area contributed by atoms with E-state index in [1.165, 1.54) is 45.2 Å². The monoisotopic (exact) mass is 410 g/mol. The van der Waals surface area contributed by atoms with Crippen LogP contribution < -0.4 is 10.0 Å². The van der Waals surface area contributed by atoms with Crippen LogP contribution in [0.3, 0.4) is 0 Å². The summed E-state index contributed by atoms with van der Waals surface area (Å²) in [5, 5.41) is 4.49. The molecule has 0 atom stereocenters. The maximum Gasteiger partial charge on any atom is 0.330 e. The first-order chi connectivity index (χ1) is 12.7. The van der Waals surface area contributed by atoms with E-state index < -0.39 is 27.4 Å². The lowest BCUT2D eigenvalue weighted by atomic mass is 10.1. The van der Waals surface area contributed by atoms with E-state index in [0.29, 0.717) is 13.0 Å². The molecule has 2 aromatic rings. The maximum atomic E-state index is 12.3. The van der Waals surface area contributed by atoms with E-state index in [1.807, 2.05) is 17.5 Å². The summed E-state index contributed by atoms with van der Waals surface area (Å²) in [7, 11) is -2.42. The van der Waals surface area contributed by atoms with Crippen LogP contribution in [-0.4, -0.2) is 39.5 Å². The number of ether oxygens (including phenoxy) is 1. The molecular weight excluding hydrogens is 388 g/mol. The van der Waals surface area contributed by atoms with Gasteiger partial charge in [0.15, 0.2) is 0 Å². The second-order valence-corrected chi connectivity index (χ2v) is 9.12. The lowest BCUT2D eigenvalue weighted by Gasteiger charge is -2.23. The van der Waals surface area contributed by atoms with Crippen molar-refractivity contribution in [3.05, 3.63) is 52.2 Å². The standard InChI is InChI=1S/C18H22N2O5S2/c1-18(2,17(22)25-3)20-16(21)13-6-8-15(9-7-13)27(23,24)19-11-10-14-5-4-12-26-14/h4-9,12,19H,10-11H2,1-3H3,(H,20,21). The Bertz CT molecular complexity index is 888. The molecule has 0 fully saturated rings. The van der Waals surface area contributed by atoms with Gasteiger partial charge in [0.25, 0.3) is 5.91 Å². The Hall–Kier alpha value is -2.23. The Morgan fingerprint density at radius 2 is 1.81 bits per heavy atom. The predicted molar refractivity (Wildman–Crippen MR) is 103 cm³/mol. The lowest BCUT2D eigenvalue weighted by molar-refractivity contribution is -0.146. The van der Waals surface area contributed by atoms with E-state index in [2.05, 4.69) is 14.8 Å². The summed E-state index contributed by atoms with van der Waals surface area (Å²) in [6, 6.07) is 9.37. The Morgan fingerprint density at radius 1 is 1.15 bits per heavy atom. The fourth-order valence-corrected chi connectivity index (χ4v) is 4.04. The number of thiophene rings is 1. The minimum atomic E-state index is -3.66. The number of hydrogen-bond acceptors (Lipinski definition) is 6. The highest BCUT2D eigenvalue weighted by atomic mass is 32.2. The highest BCUT2D eigenvalue weighted by Gasteiger charge is 2.30. The zero-order chi connectivity index (χ0) is 20.1. The third-order valence-electron chi connectivity index (χ3n) is 3.79. The van der Waals surface area contributed by atoms with Crippen LogP contribution in [0.5, 0.6) is 0 Å². The Balaban J connectivity index is 2.00. The molecule has 0 aliphatic rings. The smallest absolute Gasteiger partial charge is 0.330 e. The molecule has 146 valence electrons. The first kappa shape index (κ1) is 21.1. The van der Waals surface area contributed by atoms with Gasteiger partial charge < -0.3 is 10.1 Å². The largest absolute Gasteiger partial charge is 0.467 e. The van der Waals surface area contributed by atoms with Gasteiger partial charge in [0.1, 0.15) is 5.54 Å². The van der Waals surface area contributed by atoms with Crippen LogP contribution in [0.25, 0.3) is 0 Å². The number of carbonyl (C=O) groups is 2. The van der Waals surface area contributed by atoms with Crippen LogP contribution in [0, 0.1) is 0 Å². The first-order valence-electron chi connectivity index (χ1n) is 8.19. The van der Waals surface area contributed by atoms with E-state index in [0.717, 1.165) is 4.88 Å². The van der Waals surface area contributed by atoms with Crippen molar-refractivity contribution in [2.24, 2.45) is 0 Å². The number of nitrogens with one attached hydrogen (secondary N) is 2. The fraction of sp³-hybridized carbons (Fsp3) is 0.333. The van der Waals surface area contributed by atoms with E-state index >= 15 is 0 Å². The van der Waals surface area contributed by atoms with Crippen molar-refractivity contribution in [2.75, 3.05) is 13.7 Å². The zero-order valence-electron chi connectivity index (χ0n) is 15.3. The summed E-state index contributed by atoms with van der Waals surface area (Å²) >= 11 is 1.57. The molecule has 1 aromatic carbocycles. The van der Waals surface area contributed by atoms with Crippen molar-refractivity contribution in [3.8, 4) is 0 Å². The molecule has 0 saturated carbocycles. The molecule has 2 rings (SSSR count). The molecule has 0 unspecified atom stereocenters. The number of benzene rings is 1. The van der Waals surface area contributed by atoms with Crippen LogP contribution in [0.1, 0.15) is 29.1 Å². The van der Waals surface area contributed by atoms with Crippen LogP contribution in [0.2, 0.25) is 0 Å². The molecule has 1 aromatic heterocycles. The van der Waals surface area contributed by atoms with Crippen molar-refractivity contribution in [1.29, 1.82) is 0 Å². The first-order valence-corrected chi connectivity index (χ1v) is 10.5. The van der Waals surface area contributed by atoms with Gasteiger partial charge in [0.05, 0.1) is 12.0 Å². The number of hydrogen-bond donors (Lipinski definition) is 2. The van der Waals surface area contributed by atoms with E-state index in [4.69, 9.17) is 0 Å². The van der Waals surface area contributed by atoms with Crippen LogP contribution in [0.15, 0.2) is 46.7 Å². The Kier molecular flexibility index (Phi) is 6.74. The summed E-state index contributed by atoms with van der Waals surface area (Å²) < 4.78 is 31.8. The van der Waals surface area contributed by atoms with Gasteiger partial charge in [-0.3, -0.25) is 4.79 Å². The van der Waals surface area contributed by atoms with Gasteiger partial charge >= 0.3 is 5.97 Å². The molecule has 0 bridgehead atoms. The van der Waals surface area contributed by atoms with Gasteiger partial charge in [-0.2, -0.15) is 0 Å². The molecule has 2 N–H and O–H groups in total. The molecule has 7 nitrogen and oxygen atoms in total. The van der Waals surface area contributed by atoms with Gasteiger partial charge in [-0.05, 0) is 56.0 Å². The van der Waals surface area contributed by atoms with Gasteiger partial charge in [-0.15, -0.1) is 11.3 Å². The highest BCUT2D eigenvalue weighted by Crippen LogP contribution is 2.13. The molecule has 0 saturated heterocycles. The van der Waals surface area contributed by atoms with Gasteiger partial charge in [0.2, 0.25) is 10.0 Å². The van der Waals surface area contributed by atoms with Crippen molar-refractivity contribution >= 4 is 33.2 Å². The van der Waals surface area contributed by atoms with Crippen LogP contribution in [-0.2, 0) is 26.0 Å². The van der Waals surface area contributed by atoms with Crippen molar-refractivity contribution < 1.29 is 22.7 Å². The lowest BCUT2D eigenvalue weighted by Crippen LogP contribution is -2.50. The Labute approximate surface area is 162 Å². The number of methoxy groups -OCH3 is 1. The summed E-state index contributed by atoms with van der Waals surface area (Å²) in [5.74, 6) is -1.08. The average molecular weight is 411 g/mol. The second-order valence-electron chi connectivity index (χ2n) is 6.32. The summed E-state index contributed by atoms with van der Waals surface area (Å²) in [6.07, 6.45) is 0.611. The average Bonchev–Trinajstić information content (AvgIpc) is 3.14. The van der Waals surface area contributed by atoms with Crippen molar-refractivity contribution in [3.63, 3.8) is 0 Å². The number of sulfonamides is 1. The maximum absolute atomic E-state index is 12.3. The van der Waals surface area contributed by atoms with Gasteiger partial charge in [-0.1, -0.05) is 6.07 Å². The van der Waals surface area contributed by atoms with Crippen molar-refractivity contribution in [1.82, 2.24) is 10.0 Å². The SMILES string of the molecule is COC(=O)C(C)(C)NC(=O)c1ccc(S(=O)(=O)NCCc2cccs2)cc1. The number of rotatable bonds is 8. The third kappa shape index (κ3) is 5.62. The molecule has 1 amide bonds. The van der Waals surface area contributed by atoms with E-state index in [9.17, 15) is 18.0 Å². The van der Waals surface area contributed by atoms with Crippen molar-refractivity contribution in [2.45, 2.75) is 30.7 Å². The number of esters is 1. The van der Waals surface area contributed by atoms with E-state index in [1.54, 1.807) is 11.3 Å². The van der Waals surface area contributed by atoms with E-state index in [-0.39, 0.29) is 10.5 Å².